The maximum atomic E-state index is 14.3. The number of nitrogens with zero attached hydrogens (tertiary/aromatic N) is 2. The second-order valence-electron chi connectivity index (χ2n) is 11.5. The fourth-order valence-corrected chi connectivity index (χ4v) is 7.21. The number of anilines is 1. The lowest BCUT2D eigenvalue weighted by Gasteiger charge is -2.30. The van der Waals surface area contributed by atoms with E-state index in [0.717, 1.165) is 41.6 Å². The molecule has 3 aromatic rings. The maximum absolute atomic E-state index is 14.3. The molecule has 0 bridgehead atoms. The van der Waals surface area contributed by atoms with E-state index in [-0.39, 0.29) is 30.7 Å². The lowest BCUT2D eigenvalue weighted by Crippen LogP contribution is -2.55. The number of carbonyl (C=O) groups is 3. The van der Waals surface area contributed by atoms with Gasteiger partial charge in [-0.25, -0.2) is 9.78 Å². The van der Waals surface area contributed by atoms with Gasteiger partial charge in [0.25, 0.3) is 5.19 Å². The van der Waals surface area contributed by atoms with Crippen molar-refractivity contribution in [3.63, 3.8) is 0 Å². The SMILES string of the molecule is COC(=O)[C@@]12C[C@H]1/C=C\CCCCC[C@H](Nc1cccc(Cl)c1)C(=O)N1C[C@H](Oc3nc4ccccc4s3)C[C@H]1C(=O)N2. The second-order valence-corrected chi connectivity index (χ2v) is 12.9. The van der Waals surface area contributed by atoms with Crippen LogP contribution in [0.2, 0.25) is 5.02 Å². The number of thiazole rings is 1. The molecule has 2 aromatic carbocycles. The van der Waals surface area contributed by atoms with Crippen molar-refractivity contribution in [2.75, 3.05) is 19.0 Å². The fourth-order valence-electron chi connectivity index (χ4n) is 6.14. The number of nitrogens with one attached hydrogen (secondary N) is 2. The van der Waals surface area contributed by atoms with Crippen molar-refractivity contribution in [2.24, 2.45) is 5.92 Å². The number of halogens is 1. The van der Waals surface area contributed by atoms with E-state index in [1.165, 1.54) is 18.4 Å². The van der Waals surface area contributed by atoms with Crippen LogP contribution in [0, 0.1) is 5.92 Å². The number of hydrogen-bond donors (Lipinski definition) is 2. The number of allylic oxidation sites excluding steroid dienone is 1. The maximum Gasteiger partial charge on any atom is 0.332 e. The molecule has 226 valence electrons. The van der Waals surface area contributed by atoms with Gasteiger partial charge in [-0.3, -0.25) is 9.59 Å². The summed E-state index contributed by atoms with van der Waals surface area (Å²) in [5.74, 6) is -1.20. The average molecular weight is 623 g/mol. The summed E-state index contributed by atoms with van der Waals surface area (Å²) >= 11 is 7.67. The molecular formula is C32H35ClN4O5S. The molecule has 2 fully saturated rings. The molecule has 3 heterocycles. The van der Waals surface area contributed by atoms with Gasteiger partial charge in [-0.1, -0.05) is 66.1 Å². The van der Waals surface area contributed by atoms with Gasteiger partial charge in [0, 0.05) is 23.0 Å². The van der Waals surface area contributed by atoms with Crippen LogP contribution in [-0.4, -0.2) is 65.0 Å². The van der Waals surface area contributed by atoms with Crippen molar-refractivity contribution in [2.45, 2.75) is 68.7 Å². The number of carbonyl (C=O) groups excluding carboxylic acids is 3. The minimum atomic E-state index is -1.12. The first-order valence-electron chi connectivity index (χ1n) is 14.8. The zero-order chi connectivity index (χ0) is 30.0. The smallest absolute Gasteiger partial charge is 0.332 e. The van der Waals surface area contributed by atoms with E-state index in [1.54, 1.807) is 17.0 Å². The quantitative estimate of drug-likeness (QED) is 0.292. The van der Waals surface area contributed by atoms with Gasteiger partial charge in [-0.15, -0.1) is 0 Å². The molecule has 2 N–H and O–H groups in total. The van der Waals surface area contributed by atoms with E-state index < -0.39 is 29.7 Å². The third kappa shape index (κ3) is 6.35. The fraction of sp³-hybridized carbons (Fsp3) is 0.438. The molecule has 1 aromatic heterocycles. The van der Waals surface area contributed by atoms with Crippen LogP contribution in [-0.2, 0) is 19.1 Å². The molecule has 0 unspecified atom stereocenters. The number of esters is 1. The van der Waals surface area contributed by atoms with E-state index >= 15 is 0 Å². The number of amides is 2. The number of methoxy groups -OCH3 is 1. The van der Waals surface area contributed by atoms with Crippen LogP contribution in [0.25, 0.3) is 10.2 Å². The number of hydrogen-bond acceptors (Lipinski definition) is 8. The highest BCUT2D eigenvalue weighted by Crippen LogP contribution is 2.46. The lowest BCUT2D eigenvalue weighted by atomic mass is 10.0. The third-order valence-electron chi connectivity index (χ3n) is 8.50. The Balaban J connectivity index is 1.29. The van der Waals surface area contributed by atoms with Crippen LogP contribution in [0.5, 0.6) is 5.19 Å². The molecule has 6 rings (SSSR count). The Labute approximate surface area is 259 Å². The molecule has 0 spiro atoms. The summed E-state index contributed by atoms with van der Waals surface area (Å²) < 4.78 is 12.4. The lowest BCUT2D eigenvalue weighted by molar-refractivity contribution is -0.148. The van der Waals surface area contributed by atoms with Crippen LogP contribution in [0.15, 0.2) is 60.7 Å². The second kappa shape index (κ2) is 12.5. The van der Waals surface area contributed by atoms with Crippen molar-refractivity contribution in [1.82, 2.24) is 15.2 Å². The molecule has 2 amide bonds. The Morgan fingerprint density at radius 3 is 2.84 bits per heavy atom. The van der Waals surface area contributed by atoms with Crippen LogP contribution < -0.4 is 15.4 Å². The van der Waals surface area contributed by atoms with Crippen molar-refractivity contribution in [1.29, 1.82) is 0 Å². The summed E-state index contributed by atoms with van der Waals surface area (Å²) in [5.41, 5.74) is 0.448. The number of ether oxygens (including phenoxy) is 2. The largest absolute Gasteiger partial charge is 0.467 e. The van der Waals surface area contributed by atoms with Gasteiger partial charge >= 0.3 is 5.97 Å². The van der Waals surface area contributed by atoms with Crippen molar-refractivity contribution < 1.29 is 23.9 Å². The van der Waals surface area contributed by atoms with E-state index in [4.69, 9.17) is 21.1 Å². The number of benzene rings is 2. The summed E-state index contributed by atoms with van der Waals surface area (Å²) in [6, 6.07) is 13.7. The zero-order valence-electron chi connectivity index (χ0n) is 24.0. The van der Waals surface area contributed by atoms with Gasteiger partial charge in [0.05, 0.1) is 23.9 Å². The Morgan fingerprint density at radius 2 is 2.02 bits per heavy atom. The van der Waals surface area contributed by atoms with E-state index in [2.05, 4.69) is 21.7 Å². The summed E-state index contributed by atoms with van der Waals surface area (Å²) in [5, 5.41) is 7.43. The third-order valence-corrected chi connectivity index (χ3v) is 9.66. The molecule has 43 heavy (non-hydrogen) atoms. The first-order chi connectivity index (χ1) is 20.9. The Morgan fingerprint density at radius 1 is 1.16 bits per heavy atom. The highest BCUT2D eigenvalue weighted by atomic mass is 35.5. The molecule has 3 aliphatic rings. The highest BCUT2D eigenvalue weighted by Gasteiger charge is 2.62. The summed E-state index contributed by atoms with van der Waals surface area (Å²) in [6.07, 6.45) is 8.58. The van der Waals surface area contributed by atoms with Gasteiger partial charge in [-0.05, 0) is 56.0 Å². The molecule has 9 nitrogen and oxygen atoms in total. The molecule has 11 heteroatoms. The van der Waals surface area contributed by atoms with E-state index in [0.29, 0.717) is 23.1 Å². The van der Waals surface area contributed by atoms with Gasteiger partial charge in [0.2, 0.25) is 11.8 Å². The van der Waals surface area contributed by atoms with Gasteiger partial charge in [-0.2, -0.15) is 0 Å². The molecule has 2 aliphatic heterocycles. The Bertz CT molecular complexity index is 1510. The Kier molecular flexibility index (Phi) is 8.59. The number of rotatable bonds is 5. The summed E-state index contributed by atoms with van der Waals surface area (Å²) in [6.45, 7) is 0.217. The Hall–Kier alpha value is -3.63. The predicted molar refractivity (Wildman–Crippen MR) is 166 cm³/mol. The normalized spacial score (nSPS) is 28.6. The topological polar surface area (TPSA) is 110 Å². The predicted octanol–water partition coefficient (Wildman–Crippen LogP) is 5.35. The number of aromatic nitrogens is 1. The molecule has 5 atom stereocenters. The highest BCUT2D eigenvalue weighted by molar-refractivity contribution is 7.20. The van der Waals surface area contributed by atoms with Gasteiger partial charge in [0.1, 0.15) is 23.7 Å². The van der Waals surface area contributed by atoms with Crippen molar-refractivity contribution in [3.05, 3.63) is 65.7 Å². The standard InChI is InChI=1S/C32H35ClN4O5S/c1-41-30(40)32-18-20(32)10-5-3-2-4-6-14-25(34-22-12-9-11-21(33)16-22)29(39)37-19-23(17-26(37)28(38)36-32)42-31-35-24-13-7-8-15-27(24)43-31/h5,7-13,15-16,20,23,25-26,34H,2-4,6,14,17-19H2,1H3,(H,36,38)/b10-5-/t20-,23-,25+,26+,32-/m1/s1. The minimum absolute atomic E-state index is 0.147. The van der Waals surface area contributed by atoms with Crippen LogP contribution in [0.3, 0.4) is 0 Å². The monoisotopic (exact) mass is 622 g/mol. The minimum Gasteiger partial charge on any atom is -0.467 e. The van der Waals surface area contributed by atoms with E-state index in [9.17, 15) is 14.4 Å². The van der Waals surface area contributed by atoms with Crippen molar-refractivity contribution >= 4 is 56.6 Å². The molecule has 1 saturated heterocycles. The van der Waals surface area contributed by atoms with E-state index in [1.807, 2.05) is 42.5 Å². The summed E-state index contributed by atoms with van der Waals surface area (Å²) in [7, 11) is 1.33. The number of para-hydroxylation sites is 1. The molecule has 0 radical (unpaired) electrons. The molecule has 1 aliphatic carbocycles. The van der Waals surface area contributed by atoms with Gasteiger partial charge in [0.15, 0.2) is 0 Å². The summed E-state index contributed by atoms with van der Waals surface area (Å²) in [4.78, 5) is 47.3. The average Bonchev–Trinajstić information content (AvgIpc) is 3.31. The first-order valence-corrected chi connectivity index (χ1v) is 16.0. The first kappa shape index (κ1) is 29.4. The zero-order valence-corrected chi connectivity index (χ0v) is 25.5. The van der Waals surface area contributed by atoms with Gasteiger partial charge < -0.3 is 25.0 Å². The van der Waals surface area contributed by atoms with Crippen molar-refractivity contribution in [3.8, 4) is 5.19 Å². The van der Waals surface area contributed by atoms with Crippen LogP contribution in [0.4, 0.5) is 5.69 Å². The number of fused-ring (bicyclic) bond motifs is 3. The van der Waals surface area contributed by atoms with Crippen LogP contribution >= 0.6 is 22.9 Å². The molecular weight excluding hydrogens is 588 g/mol. The van der Waals surface area contributed by atoms with Crippen LogP contribution in [0.1, 0.15) is 44.9 Å². The molecule has 1 saturated carbocycles.